The normalized spacial score (nSPS) is 17.3. The van der Waals surface area contributed by atoms with Crippen molar-refractivity contribution < 1.29 is 8.94 Å². The van der Waals surface area contributed by atoms with Crippen molar-refractivity contribution in [3.63, 3.8) is 0 Å². The number of hydrogen-bond donors (Lipinski definition) is 0. The van der Waals surface area contributed by atoms with Crippen LogP contribution in [-0.4, -0.2) is 21.2 Å². The average Bonchev–Trinajstić information content (AvgIpc) is 3.43. The van der Waals surface area contributed by atoms with Gasteiger partial charge in [-0.1, -0.05) is 35.5 Å². The number of furan rings is 1. The molecule has 5 rings (SSSR count). The maximum Gasteiger partial charge on any atom is 0.202 e. The van der Waals surface area contributed by atoms with Gasteiger partial charge in [-0.05, 0) is 29.8 Å². The molecule has 0 N–H and O–H groups in total. The van der Waals surface area contributed by atoms with Gasteiger partial charge in [0.25, 0.3) is 0 Å². The smallest absolute Gasteiger partial charge is 0.202 e. The number of aromatic nitrogens is 2. The number of rotatable bonds is 4. The van der Waals surface area contributed by atoms with E-state index in [1.807, 2.05) is 18.2 Å². The van der Waals surface area contributed by atoms with Crippen LogP contribution in [0, 0.1) is 0 Å². The SMILES string of the molecule is c1ccc([C@H]2c3cccn3CCN2Cc2cc(-c3ccco3)on2)cc1. The van der Waals surface area contributed by atoms with Gasteiger partial charge in [0.1, 0.15) is 0 Å². The molecule has 5 nitrogen and oxygen atoms in total. The highest BCUT2D eigenvalue weighted by Crippen LogP contribution is 2.33. The molecule has 3 aromatic heterocycles. The molecule has 4 aromatic rings. The van der Waals surface area contributed by atoms with Crippen molar-refractivity contribution in [1.29, 1.82) is 0 Å². The second-order valence-corrected chi connectivity index (χ2v) is 6.57. The van der Waals surface area contributed by atoms with E-state index in [-0.39, 0.29) is 6.04 Å². The highest BCUT2D eigenvalue weighted by Gasteiger charge is 2.29. The van der Waals surface area contributed by atoms with Crippen LogP contribution in [0.15, 0.2) is 82.1 Å². The van der Waals surface area contributed by atoms with Crippen molar-refractivity contribution in [2.24, 2.45) is 0 Å². The lowest BCUT2D eigenvalue weighted by Gasteiger charge is -2.36. The fourth-order valence-electron chi connectivity index (χ4n) is 3.75. The summed E-state index contributed by atoms with van der Waals surface area (Å²) in [6, 6.07) is 20.9. The van der Waals surface area contributed by atoms with Crippen LogP contribution in [0.2, 0.25) is 0 Å². The maximum atomic E-state index is 5.47. The average molecular weight is 345 g/mol. The fourth-order valence-corrected chi connectivity index (χ4v) is 3.75. The first-order chi connectivity index (χ1) is 12.9. The van der Waals surface area contributed by atoms with Gasteiger partial charge in [-0.3, -0.25) is 4.90 Å². The Morgan fingerprint density at radius 3 is 2.73 bits per heavy atom. The van der Waals surface area contributed by atoms with Crippen molar-refractivity contribution >= 4 is 0 Å². The summed E-state index contributed by atoms with van der Waals surface area (Å²) < 4.78 is 13.2. The maximum absolute atomic E-state index is 5.47. The van der Waals surface area contributed by atoms with E-state index in [2.05, 4.69) is 63.3 Å². The van der Waals surface area contributed by atoms with Crippen LogP contribution in [0.3, 0.4) is 0 Å². The molecule has 4 heterocycles. The minimum absolute atomic E-state index is 0.212. The Kier molecular flexibility index (Phi) is 3.72. The van der Waals surface area contributed by atoms with Gasteiger partial charge < -0.3 is 13.5 Å². The number of nitrogens with zero attached hydrogens (tertiary/aromatic N) is 3. The highest BCUT2D eigenvalue weighted by molar-refractivity contribution is 5.49. The monoisotopic (exact) mass is 345 g/mol. The lowest BCUT2D eigenvalue weighted by Crippen LogP contribution is -2.38. The van der Waals surface area contributed by atoms with Crippen molar-refractivity contribution in [2.75, 3.05) is 6.54 Å². The number of fused-ring (bicyclic) bond motifs is 1. The molecule has 0 unspecified atom stereocenters. The Hall–Kier alpha value is -3.05. The molecular formula is C21H19N3O2. The number of hydrogen-bond acceptors (Lipinski definition) is 4. The summed E-state index contributed by atoms with van der Waals surface area (Å²) in [6.07, 6.45) is 3.80. The van der Waals surface area contributed by atoms with E-state index in [0.717, 1.165) is 25.3 Å². The van der Waals surface area contributed by atoms with E-state index in [4.69, 9.17) is 8.94 Å². The third-order valence-corrected chi connectivity index (χ3v) is 4.94. The van der Waals surface area contributed by atoms with E-state index < -0.39 is 0 Å². The zero-order chi connectivity index (χ0) is 17.3. The van der Waals surface area contributed by atoms with Gasteiger partial charge in [0.2, 0.25) is 5.76 Å². The molecule has 5 heteroatoms. The van der Waals surface area contributed by atoms with Gasteiger partial charge in [-0.25, -0.2) is 0 Å². The summed E-state index contributed by atoms with van der Waals surface area (Å²) >= 11 is 0. The van der Waals surface area contributed by atoms with Gasteiger partial charge in [0, 0.05) is 37.6 Å². The molecule has 1 atom stereocenters. The van der Waals surface area contributed by atoms with Gasteiger partial charge in [0.05, 0.1) is 18.0 Å². The molecule has 0 radical (unpaired) electrons. The van der Waals surface area contributed by atoms with Gasteiger partial charge in [-0.2, -0.15) is 0 Å². The summed E-state index contributed by atoms with van der Waals surface area (Å²) in [4.78, 5) is 2.45. The Balaban J connectivity index is 1.46. The lowest BCUT2D eigenvalue weighted by atomic mass is 10.00. The Morgan fingerprint density at radius 1 is 0.962 bits per heavy atom. The molecule has 1 aromatic carbocycles. The van der Waals surface area contributed by atoms with E-state index in [1.54, 1.807) is 6.26 Å². The molecule has 0 fully saturated rings. The topological polar surface area (TPSA) is 47.3 Å². The van der Waals surface area contributed by atoms with Crippen LogP contribution in [-0.2, 0) is 13.1 Å². The molecule has 130 valence electrons. The zero-order valence-corrected chi connectivity index (χ0v) is 14.3. The largest absolute Gasteiger partial charge is 0.461 e. The molecule has 0 bridgehead atoms. The minimum atomic E-state index is 0.212. The van der Waals surface area contributed by atoms with Crippen molar-refractivity contribution in [3.05, 3.63) is 90.1 Å². The second kappa shape index (κ2) is 6.35. The van der Waals surface area contributed by atoms with Crippen molar-refractivity contribution in [1.82, 2.24) is 14.6 Å². The first-order valence-electron chi connectivity index (χ1n) is 8.82. The van der Waals surface area contributed by atoms with Crippen LogP contribution in [0.5, 0.6) is 0 Å². The fraction of sp³-hybridized carbons (Fsp3) is 0.190. The molecule has 1 aliphatic rings. The summed E-state index contributed by atoms with van der Waals surface area (Å²) in [5.41, 5.74) is 3.52. The third kappa shape index (κ3) is 2.66. The first-order valence-corrected chi connectivity index (χ1v) is 8.82. The Labute approximate surface area is 151 Å². The standard InChI is InChI=1S/C21H19N3O2/c1-2-6-16(7-3-1)21-18-8-4-10-23(18)11-12-24(21)15-17-14-20(26-22-17)19-9-5-13-25-19/h1-10,13-14,21H,11-12,15H2/t21-/m0/s1. The Morgan fingerprint density at radius 2 is 1.88 bits per heavy atom. The molecule has 26 heavy (non-hydrogen) atoms. The van der Waals surface area contributed by atoms with Gasteiger partial charge in [-0.15, -0.1) is 0 Å². The van der Waals surface area contributed by atoms with Crippen molar-refractivity contribution in [3.8, 4) is 11.5 Å². The van der Waals surface area contributed by atoms with Gasteiger partial charge >= 0.3 is 0 Å². The molecule has 0 amide bonds. The molecular weight excluding hydrogens is 326 g/mol. The van der Waals surface area contributed by atoms with E-state index in [0.29, 0.717) is 11.5 Å². The van der Waals surface area contributed by atoms with Crippen LogP contribution in [0.25, 0.3) is 11.5 Å². The van der Waals surface area contributed by atoms with E-state index >= 15 is 0 Å². The van der Waals surface area contributed by atoms with Crippen LogP contribution in [0.4, 0.5) is 0 Å². The third-order valence-electron chi connectivity index (χ3n) is 4.94. The summed E-state index contributed by atoms with van der Waals surface area (Å²) in [6.45, 7) is 2.67. The lowest BCUT2D eigenvalue weighted by molar-refractivity contribution is 0.170. The molecule has 0 saturated heterocycles. The van der Waals surface area contributed by atoms with Gasteiger partial charge in [0.15, 0.2) is 5.76 Å². The summed E-state index contributed by atoms with van der Waals surface area (Å²) in [5, 5.41) is 4.25. The molecule has 0 saturated carbocycles. The minimum Gasteiger partial charge on any atom is -0.461 e. The van der Waals surface area contributed by atoms with E-state index in [1.165, 1.54) is 11.3 Å². The predicted molar refractivity (Wildman–Crippen MR) is 97.3 cm³/mol. The molecule has 0 spiro atoms. The zero-order valence-electron chi connectivity index (χ0n) is 14.3. The van der Waals surface area contributed by atoms with Crippen LogP contribution >= 0.6 is 0 Å². The highest BCUT2D eigenvalue weighted by atomic mass is 16.5. The van der Waals surface area contributed by atoms with Crippen molar-refractivity contribution in [2.45, 2.75) is 19.1 Å². The molecule has 1 aliphatic heterocycles. The first kappa shape index (κ1) is 15.2. The quantitative estimate of drug-likeness (QED) is 0.552. The van der Waals surface area contributed by atoms with Crippen LogP contribution in [0.1, 0.15) is 23.0 Å². The second-order valence-electron chi connectivity index (χ2n) is 6.57. The number of benzene rings is 1. The summed E-state index contributed by atoms with van der Waals surface area (Å²) in [7, 11) is 0. The Bertz CT molecular complexity index is 985. The summed E-state index contributed by atoms with van der Waals surface area (Å²) in [5.74, 6) is 1.37. The van der Waals surface area contributed by atoms with Crippen LogP contribution < -0.4 is 0 Å². The predicted octanol–water partition coefficient (Wildman–Crippen LogP) is 4.34. The molecule has 0 aliphatic carbocycles. The van der Waals surface area contributed by atoms with E-state index in [9.17, 15) is 0 Å².